The van der Waals surface area contributed by atoms with Gasteiger partial charge >= 0.3 is 5.82 Å². The van der Waals surface area contributed by atoms with Crippen LogP contribution in [-0.4, -0.2) is 34.5 Å². The van der Waals surface area contributed by atoms with Crippen LogP contribution in [0.25, 0.3) is 10.6 Å². The number of aryl methyl sites for hydroxylation is 2. The van der Waals surface area contributed by atoms with Crippen LogP contribution in [0.5, 0.6) is 0 Å². The minimum atomic E-state index is -0.444. The second kappa shape index (κ2) is 5.93. The van der Waals surface area contributed by atoms with Crippen LogP contribution in [0.1, 0.15) is 11.1 Å². The largest absolute Gasteiger partial charge is 0.363 e. The molecule has 11 heteroatoms. The summed E-state index contributed by atoms with van der Waals surface area (Å²) in [4.78, 5) is 15.9. The molecule has 25 heavy (non-hydrogen) atoms. The second-order valence-electron chi connectivity index (χ2n) is 5.32. The highest BCUT2D eigenvalue weighted by atomic mass is 32.2. The molecule has 0 N–H and O–H groups in total. The summed E-state index contributed by atoms with van der Waals surface area (Å²) in [6.45, 7) is 3.97. The summed E-state index contributed by atoms with van der Waals surface area (Å²) in [7, 11) is 0. The maximum absolute atomic E-state index is 11.4. The molecule has 4 rings (SSSR count). The molecule has 0 aliphatic carbocycles. The predicted molar refractivity (Wildman–Crippen MR) is 92.5 cm³/mol. The van der Waals surface area contributed by atoms with Crippen LogP contribution in [0.2, 0.25) is 0 Å². The number of fused-ring (bicyclic) bond motifs is 1. The third-order valence-corrected chi connectivity index (χ3v) is 5.25. The average molecular weight is 373 g/mol. The second-order valence-corrected chi connectivity index (χ2v) is 7.15. The van der Waals surface area contributed by atoms with E-state index in [-0.39, 0.29) is 10.8 Å². The quantitative estimate of drug-likeness (QED) is 0.400. The molecule has 0 atom stereocenters. The Balaban J connectivity index is 1.78. The lowest BCUT2D eigenvalue weighted by Crippen LogP contribution is -2.02. The summed E-state index contributed by atoms with van der Waals surface area (Å²) in [5.41, 5.74) is 2.96. The molecule has 0 saturated heterocycles. The SMILES string of the molecule is Cc1ccc(-n2nnnc2Sc2nc3sccn3c2[N+](=O)[O-])c(C)c1. The van der Waals surface area contributed by atoms with Crippen LogP contribution in [0.3, 0.4) is 0 Å². The lowest BCUT2D eigenvalue weighted by molar-refractivity contribution is -0.393. The van der Waals surface area contributed by atoms with E-state index in [1.807, 2.05) is 32.0 Å². The number of thiazole rings is 1. The molecule has 0 aliphatic rings. The maximum atomic E-state index is 11.4. The number of tetrazole rings is 1. The van der Waals surface area contributed by atoms with Gasteiger partial charge in [0.05, 0.1) is 5.69 Å². The van der Waals surface area contributed by atoms with Crippen molar-refractivity contribution < 1.29 is 4.92 Å². The van der Waals surface area contributed by atoms with Crippen LogP contribution in [0.15, 0.2) is 40.0 Å². The summed E-state index contributed by atoms with van der Waals surface area (Å²) in [6, 6.07) is 5.92. The van der Waals surface area contributed by atoms with Crippen molar-refractivity contribution in [3.63, 3.8) is 0 Å². The molecule has 0 bridgehead atoms. The van der Waals surface area contributed by atoms with Crippen molar-refractivity contribution in [3.05, 3.63) is 51.0 Å². The Morgan fingerprint density at radius 1 is 1.32 bits per heavy atom. The smallest absolute Gasteiger partial charge is 0.358 e. The minimum Gasteiger partial charge on any atom is -0.358 e. The first-order valence-corrected chi connectivity index (χ1v) is 8.88. The Kier molecular flexibility index (Phi) is 3.73. The first-order chi connectivity index (χ1) is 12.0. The van der Waals surface area contributed by atoms with Crippen LogP contribution >= 0.6 is 23.1 Å². The van der Waals surface area contributed by atoms with Crippen molar-refractivity contribution >= 4 is 33.9 Å². The Bertz CT molecular complexity index is 1100. The maximum Gasteiger partial charge on any atom is 0.363 e. The molecule has 0 amide bonds. The van der Waals surface area contributed by atoms with Crippen LogP contribution in [0.4, 0.5) is 5.82 Å². The number of aromatic nitrogens is 6. The monoisotopic (exact) mass is 373 g/mol. The van der Waals surface area contributed by atoms with Crippen molar-refractivity contribution in [3.8, 4) is 5.69 Å². The zero-order valence-corrected chi connectivity index (χ0v) is 14.8. The van der Waals surface area contributed by atoms with Crippen LogP contribution in [-0.2, 0) is 0 Å². The van der Waals surface area contributed by atoms with Crippen molar-refractivity contribution in [2.24, 2.45) is 0 Å². The lowest BCUT2D eigenvalue weighted by Gasteiger charge is -2.07. The van der Waals surface area contributed by atoms with Crippen molar-refractivity contribution in [1.82, 2.24) is 29.6 Å². The Hall–Kier alpha value is -2.79. The highest BCUT2D eigenvalue weighted by molar-refractivity contribution is 7.99. The molecular weight excluding hydrogens is 362 g/mol. The van der Waals surface area contributed by atoms with Gasteiger partial charge in [-0.15, -0.1) is 5.10 Å². The van der Waals surface area contributed by atoms with Crippen LogP contribution in [0, 0.1) is 24.0 Å². The number of nitro groups is 1. The molecule has 9 nitrogen and oxygen atoms in total. The third kappa shape index (κ3) is 2.66. The summed E-state index contributed by atoms with van der Waals surface area (Å²) < 4.78 is 3.02. The van der Waals surface area contributed by atoms with E-state index in [4.69, 9.17) is 0 Å². The zero-order valence-electron chi connectivity index (χ0n) is 13.2. The van der Waals surface area contributed by atoms with E-state index < -0.39 is 4.92 Å². The first kappa shape index (κ1) is 15.7. The van der Waals surface area contributed by atoms with E-state index in [2.05, 4.69) is 20.5 Å². The summed E-state index contributed by atoms with van der Waals surface area (Å²) in [5, 5.41) is 25.6. The van der Waals surface area contributed by atoms with Crippen molar-refractivity contribution in [2.45, 2.75) is 24.0 Å². The van der Waals surface area contributed by atoms with Crippen molar-refractivity contribution in [2.75, 3.05) is 0 Å². The number of rotatable bonds is 4. The van der Waals surface area contributed by atoms with Gasteiger partial charge in [0, 0.05) is 5.38 Å². The molecule has 0 unspecified atom stereocenters. The molecule has 126 valence electrons. The Labute approximate surface area is 149 Å². The topological polar surface area (TPSA) is 104 Å². The summed E-state index contributed by atoms with van der Waals surface area (Å²) in [6.07, 6.45) is 1.63. The van der Waals surface area contributed by atoms with Gasteiger partial charge in [-0.3, -0.25) is 0 Å². The Morgan fingerprint density at radius 2 is 2.16 bits per heavy atom. The molecule has 0 spiro atoms. The molecule has 1 aromatic carbocycles. The van der Waals surface area contributed by atoms with E-state index in [0.717, 1.165) is 28.6 Å². The number of nitrogens with zero attached hydrogens (tertiary/aromatic N) is 7. The van der Waals surface area contributed by atoms with Gasteiger partial charge in [-0.05, 0) is 52.6 Å². The van der Waals surface area contributed by atoms with E-state index in [0.29, 0.717) is 10.1 Å². The number of hydrogen-bond acceptors (Lipinski definition) is 8. The summed E-state index contributed by atoms with van der Waals surface area (Å²) in [5.74, 6) is -0.0866. The van der Waals surface area contributed by atoms with Gasteiger partial charge in [-0.25, -0.2) is 0 Å². The fraction of sp³-hybridized carbons (Fsp3) is 0.143. The molecule has 0 fully saturated rings. The van der Waals surface area contributed by atoms with Gasteiger partial charge in [0.2, 0.25) is 10.2 Å². The standard InChI is InChI=1S/C14H11N7O2S2/c1-8-3-4-10(9(2)7-8)20-14(16-17-18-20)25-11-12(21(22)23)19-5-6-24-13(19)15-11/h3-7H,1-2H3. The van der Waals surface area contributed by atoms with Gasteiger partial charge in [0.15, 0.2) is 0 Å². The highest BCUT2D eigenvalue weighted by Crippen LogP contribution is 2.35. The molecule has 3 aromatic heterocycles. The molecular formula is C14H11N7O2S2. The van der Waals surface area contributed by atoms with E-state index in [9.17, 15) is 10.1 Å². The van der Waals surface area contributed by atoms with Gasteiger partial charge < -0.3 is 10.1 Å². The molecule has 4 aromatic rings. The third-order valence-electron chi connectivity index (χ3n) is 3.59. The molecule has 0 radical (unpaired) electrons. The van der Waals surface area contributed by atoms with Gasteiger partial charge in [0.25, 0.3) is 4.96 Å². The first-order valence-electron chi connectivity index (χ1n) is 7.18. The predicted octanol–water partition coefficient (Wildman–Crippen LogP) is 3.05. The minimum absolute atomic E-state index is 0.0866. The normalized spacial score (nSPS) is 11.3. The summed E-state index contributed by atoms with van der Waals surface area (Å²) >= 11 is 2.41. The highest BCUT2D eigenvalue weighted by Gasteiger charge is 2.26. The van der Waals surface area contributed by atoms with Crippen LogP contribution < -0.4 is 0 Å². The molecule has 0 aliphatic heterocycles. The van der Waals surface area contributed by atoms with Gasteiger partial charge in [0.1, 0.15) is 6.20 Å². The van der Waals surface area contributed by atoms with Gasteiger partial charge in [-0.2, -0.15) is 14.1 Å². The molecule has 3 heterocycles. The van der Waals surface area contributed by atoms with Crippen molar-refractivity contribution in [1.29, 1.82) is 0 Å². The number of hydrogen-bond donors (Lipinski definition) is 0. The number of benzene rings is 1. The Morgan fingerprint density at radius 3 is 2.92 bits per heavy atom. The zero-order chi connectivity index (χ0) is 17.6. The molecule has 0 saturated carbocycles. The fourth-order valence-electron chi connectivity index (χ4n) is 2.51. The van der Waals surface area contributed by atoms with Gasteiger partial charge in [-0.1, -0.05) is 29.0 Å². The van der Waals surface area contributed by atoms with E-state index in [1.54, 1.807) is 16.3 Å². The van der Waals surface area contributed by atoms with E-state index >= 15 is 0 Å². The lowest BCUT2D eigenvalue weighted by atomic mass is 10.1. The van der Waals surface area contributed by atoms with E-state index in [1.165, 1.54) is 15.7 Å². The average Bonchev–Trinajstić information content (AvgIpc) is 3.23. The fourth-order valence-corrected chi connectivity index (χ4v) is 4.15. The number of imidazole rings is 1.